The molecule has 1 aliphatic carbocycles. The van der Waals surface area contributed by atoms with Crippen molar-refractivity contribution in [3.05, 3.63) is 70.3 Å². The standard InChI is InChI=1S/C18H16F2O2/c19-13-3-5-15-11(9-13)1-2-12-10-14(20)4-6-16(12)17(15)7-8-18(21)22/h3-6,9-10,17H,1-2,7-8H2,(H,21,22). The van der Waals surface area contributed by atoms with E-state index in [4.69, 9.17) is 5.11 Å². The van der Waals surface area contributed by atoms with E-state index in [1.165, 1.54) is 24.3 Å². The predicted molar refractivity (Wildman–Crippen MR) is 78.9 cm³/mol. The van der Waals surface area contributed by atoms with Crippen molar-refractivity contribution in [2.24, 2.45) is 0 Å². The number of carboxylic acids is 1. The number of rotatable bonds is 3. The van der Waals surface area contributed by atoms with E-state index in [0.29, 0.717) is 19.3 Å². The molecule has 0 heterocycles. The molecule has 2 nitrogen and oxygen atoms in total. The Morgan fingerprint density at radius 1 is 1.00 bits per heavy atom. The molecule has 0 bridgehead atoms. The smallest absolute Gasteiger partial charge is 0.303 e. The van der Waals surface area contributed by atoms with E-state index in [2.05, 4.69) is 0 Å². The van der Waals surface area contributed by atoms with Gasteiger partial charge in [-0.3, -0.25) is 4.79 Å². The molecule has 0 saturated heterocycles. The quantitative estimate of drug-likeness (QED) is 0.928. The Hall–Kier alpha value is -2.23. The second-order valence-corrected chi connectivity index (χ2v) is 5.67. The Morgan fingerprint density at radius 2 is 1.50 bits per heavy atom. The summed E-state index contributed by atoms with van der Waals surface area (Å²) in [6.07, 6.45) is 1.71. The molecule has 1 N–H and O–H groups in total. The molecule has 4 heteroatoms. The van der Waals surface area contributed by atoms with Crippen molar-refractivity contribution in [1.82, 2.24) is 0 Å². The third kappa shape index (κ3) is 2.86. The van der Waals surface area contributed by atoms with Gasteiger partial charge in [0, 0.05) is 12.3 Å². The summed E-state index contributed by atoms with van der Waals surface area (Å²) in [6, 6.07) is 9.28. The number of aryl methyl sites for hydroxylation is 2. The van der Waals surface area contributed by atoms with Crippen LogP contribution in [0.4, 0.5) is 8.78 Å². The highest BCUT2D eigenvalue weighted by Crippen LogP contribution is 2.37. The minimum absolute atomic E-state index is 0.0261. The number of benzene rings is 2. The van der Waals surface area contributed by atoms with Gasteiger partial charge in [0.05, 0.1) is 0 Å². The molecule has 0 fully saturated rings. The molecule has 114 valence electrons. The van der Waals surface area contributed by atoms with E-state index >= 15 is 0 Å². The lowest BCUT2D eigenvalue weighted by atomic mass is 9.85. The normalized spacial score (nSPS) is 14.1. The Balaban J connectivity index is 2.09. The van der Waals surface area contributed by atoms with Crippen LogP contribution in [0.5, 0.6) is 0 Å². The fraction of sp³-hybridized carbons (Fsp3) is 0.278. The molecule has 0 amide bonds. The molecule has 2 aromatic carbocycles. The molecular formula is C18H16F2O2. The maximum atomic E-state index is 13.5. The largest absolute Gasteiger partial charge is 0.481 e. The number of carboxylic acid groups (broad SMARTS) is 1. The molecule has 0 atom stereocenters. The van der Waals surface area contributed by atoms with Crippen LogP contribution in [0.1, 0.15) is 41.0 Å². The fourth-order valence-corrected chi connectivity index (χ4v) is 3.28. The van der Waals surface area contributed by atoms with Crippen LogP contribution in [0, 0.1) is 11.6 Å². The average Bonchev–Trinajstić information content (AvgIpc) is 2.61. The first kappa shape index (κ1) is 14.7. The van der Waals surface area contributed by atoms with Gasteiger partial charge in [0.1, 0.15) is 11.6 Å². The van der Waals surface area contributed by atoms with Crippen LogP contribution in [0.3, 0.4) is 0 Å². The predicted octanol–water partition coefficient (Wildman–Crippen LogP) is 4.06. The fourth-order valence-electron chi connectivity index (χ4n) is 3.28. The van der Waals surface area contributed by atoms with Gasteiger partial charge < -0.3 is 5.11 Å². The monoisotopic (exact) mass is 302 g/mol. The van der Waals surface area contributed by atoms with Crippen LogP contribution in [0.2, 0.25) is 0 Å². The summed E-state index contributed by atoms with van der Waals surface area (Å²) >= 11 is 0. The van der Waals surface area contributed by atoms with Crippen molar-refractivity contribution in [3.8, 4) is 0 Å². The van der Waals surface area contributed by atoms with E-state index in [9.17, 15) is 13.6 Å². The lowest BCUT2D eigenvalue weighted by Crippen LogP contribution is -2.07. The van der Waals surface area contributed by atoms with Gasteiger partial charge in [-0.2, -0.15) is 0 Å². The maximum absolute atomic E-state index is 13.5. The summed E-state index contributed by atoms with van der Waals surface area (Å²) < 4.78 is 27.0. The van der Waals surface area contributed by atoms with Crippen LogP contribution in [-0.2, 0) is 17.6 Å². The average molecular weight is 302 g/mol. The zero-order valence-electron chi connectivity index (χ0n) is 12.0. The minimum Gasteiger partial charge on any atom is -0.481 e. The first-order chi connectivity index (χ1) is 10.5. The van der Waals surface area contributed by atoms with Crippen LogP contribution in [0.15, 0.2) is 36.4 Å². The topological polar surface area (TPSA) is 37.3 Å². The Kier molecular flexibility index (Phi) is 3.92. The van der Waals surface area contributed by atoms with Crippen LogP contribution >= 0.6 is 0 Å². The molecular weight excluding hydrogens is 286 g/mol. The summed E-state index contributed by atoms with van der Waals surface area (Å²) in [6.45, 7) is 0. The number of aliphatic carboxylic acids is 1. The van der Waals surface area contributed by atoms with E-state index < -0.39 is 5.97 Å². The molecule has 3 rings (SSSR count). The van der Waals surface area contributed by atoms with Crippen LogP contribution in [0.25, 0.3) is 0 Å². The molecule has 0 saturated carbocycles. The third-order valence-corrected chi connectivity index (χ3v) is 4.27. The van der Waals surface area contributed by atoms with Crippen LogP contribution < -0.4 is 0 Å². The van der Waals surface area contributed by atoms with Gasteiger partial charge in [0.25, 0.3) is 0 Å². The molecule has 1 aliphatic rings. The molecule has 0 spiro atoms. The highest BCUT2D eigenvalue weighted by Gasteiger charge is 2.24. The van der Waals surface area contributed by atoms with Crippen LogP contribution in [-0.4, -0.2) is 11.1 Å². The van der Waals surface area contributed by atoms with E-state index in [0.717, 1.165) is 22.3 Å². The zero-order chi connectivity index (χ0) is 15.7. The number of hydrogen-bond acceptors (Lipinski definition) is 1. The second kappa shape index (κ2) is 5.87. The van der Waals surface area contributed by atoms with Crippen molar-refractivity contribution in [3.63, 3.8) is 0 Å². The van der Waals surface area contributed by atoms with E-state index in [1.807, 2.05) is 0 Å². The third-order valence-electron chi connectivity index (χ3n) is 4.27. The number of hydrogen-bond donors (Lipinski definition) is 1. The first-order valence-electron chi connectivity index (χ1n) is 7.33. The summed E-state index contributed by atoms with van der Waals surface area (Å²) in [7, 11) is 0. The SMILES string of the molecule is O=C(O)CCC1c2ccc(F)cc2CCc2cc(F)ccc21. The Labute approximate surface area is 127 Å². The molecule has 22 heavy (non-hydrogen) atoms. The minimum atomic E-state index is -0.864. The van der Waals surface area contributed by atoms with Crippen molar-refractivity contribution < 1.29 is 18.7 Å². The molecule has 0 aliphatic heterocycles. The summed E-state index contributed by atoms with van der Waals surface area (Å²) in [4.78, 5) is 10.9. The summed E-state index contributed by atoms with van der Waals surface area (Å²) in [5.41, 5.74) is 3.67. The lowest BCUT2D eigenvalue weighted by molar-refractivity contribution is -0.137. The summed E-state index contributed by atoms with van der Waals surface area (Å²) in [5.74, 6) is -1.60. The van der Waals surface area contributed by atoms with Gasteiger partial charge in [-0.15, -0.1) is 0 Å². The van der Waals surface area contributed by atoms with E-state index in [-0.39, 0.29) is 24.0 Å². The van der Waals surface area contributed by atoms with Crippen molar-refractivity contribution in [1.29, 1.82) is 0 Å². The van der Waals surface area contributed by atoms with E-state index in [1.54, 1.807) is 12.1 Å². The van der Waals surface area contributed by atoms with Gasteiger partial charge in [0.2, 0.25) is 0 Å². The van der Waals surface area contributed by atoms with Gasteiger partial charge in [-0.1, -0.05) is 12.1 Å². The Morgan fingerprint density at radius 3 is 1.95 bits per heavy atom. The number of fused-ring (bicyclic) bond motifs is 2. The van der Waals surface area contributed by atoms with Gasteiger partial charge in [-0.25, -0.2) is 8.78 Å². The highest BCUT2D eigenvalue weighted by atomic mass is 19.1. The first-order valence-corrected chi connectivity index (χ1v) is 7.33. The second-order valence-electron chi connectivity index (χ2n) is 5.67. The molecule has 2 aromatic rings. The van der Waals surface area contributed by atoms with Gasteiger partial charge in [-0.05, 0) is 65.8 Å². The van der Waals surface area contributed by atoms with Gasteiger partial charge >= 0.3 is 5.97 Å². The van der Waals surface area contributed by atoms with Crippen molar-refractivity contribution >= 4 is 5.97 Å². The molecule has 0 radical (unpaired) electrons. The zero-order valence-corrected chi connectivity index (χ0v) is 12.0. The highest BCUT2D eigenvalue weighted by molar-refractivity contribution is 5.67. The number of halogens is 2. The van der Waals surface area contributed by atoms with Crippen molar-refractivity contribution in [2.45, 2.75) is 31.6 Å². The number of carbonyl (C=O) groups is 1. The molecule has 0 unspecified atom stereocenters. The maximum Gasteiger partial charge on any atom is 0.303 e. The Bertz CT molecular complexity index is 672. The van der Waals surface area contributed by atoms with Crippen molar-refractivity contribution in [2.75, 3.05) is 0 Å². The lowest BCUT2D eigenvalue weighted by Gasteiger charge is -2.20. The van der Waals surface area contributed by atoms with Gasteiger partial charge in [0.15, 0.2) is 0 Å². The molecule has 0 aromatic heterocycles. The summed E-state index contributed by atoms with van der Waals surface area (Å²) in [5, 5.41) is 8.98.